The molecular formula is C58H71FN12O6. The van der Waals surface area contributed by atoms with E-state index in [0.29, 0.717) is 107 Å². The number of carbonyl (C=O) groups excluding carboxylic acids is 4. The van der Waals surface area contributed by atoms with Crippen molar-refractivity contribution in [1.82, 2.24) is 44.5 Å². The first kappa shape index (κ1) is 51.1. The Labute approximate surface area is 448 Å². The van der Waals surface area contributed by atoms with Gasteiger partial charge in [0.25, 0.3) is 0 Å². The van der Waals surface area contributed by atoms with Gasteiger partial charge in [0, 0.05) is 92.1 Å². The number of urea groups is 1. The van der Waals surface area contributed by atoms with Crippen LogP contribution in [0.5, 0.6) is 5.88 Å². The lowest BCUT2D eigenvalue weighted by Gasteiger charge is -2.48. The summed E-state index contributed by atoms with van der Waals surface area (Å²) in [5.74, 6) is 0.753. The number of aromatic nitrogens is 5. The third-order valence-corrected chi connectivity index (χ3v) is 18.3. The van der Waals surface area contributed by atoms with Crippen LogP contribution in [0.1, 0.15) is 122 Å². The molecule has 4 saturated heterocycles. The van der Waals surface area contributed by atoms with Gasteiger partial charge >= 0.3 is 6.03 Å². The number of aliphatic hydroxyl groups is 1. The Kier molecular flexibility index (Phi) is 13.6. The number of hydrogen-bond donors (Lipinski definition) is 3. The van der Waals surface area contributed by atoms with Gasteiger partial charge in [-0.05, 0) is 134 Å². The Hall–Kier alpha value is -6.73. The summed E-state index contributed by atoms with van der Waals surface area (Å²) in [5.41, 5.74) is 4.42. The van der Waals surface area contributed by atoms with E-state index in [9.17, 15) is 19.5 Å². The van der Waals surface area contributed by atoms with Gasteiger partial charge in [0.2, 0.25) is 23.6 Å². The van der Waals surface area contributed by atoms with Crippen molar-refractivity contribution in [3.05, 3.63) is 78.8 Å². The fraction of sp³-hybridized carbons (Fsp3) is 0.552. The van der Waals surface area contributed by atoms with Gasteiger partial charge < -0.3 is 44.6 Å². The van der Waals surface area contributed by atoms with Gasteiger partial charge in [0.05, 0.1) is 46.7 Å². The van der Waals surface area contributed by atoms with Gasteiger partial charge in [0.1, 0.15) is 17.8 Å². The lowest BCUT2D eigenvalue weighted by Crippen LogP contribution is -2.59. The highest BCUT2D eigenvalue weighted by molar-refractivity contribution is 6.09. The molecule has 0 bridgehead atoms. The monoisotopic (exact) mass is 1050 g/mol. The molecular weight excluding hydrogens is 980 g/mol. The first-order valence-corrected chi connectivity index (χ1v) is 28.2. The molecule has 406 valence electrons. The topological polar surface area (TPSA) is 194 Å². The van der Waals surface area contributed by atoms with Crippen LogP contribution in [0, 0.1) is 17.2 Å². The van der Waals surface area contributed by atoms with Crippen LogP contribution >= 0.6 is 0 Å². The number of carbonyl (C=O) groups is 4. The standard InChI is InChI=1S/C58H71FN12O6/c1-36(2)70-35-62-47-32-46(64-52(51(47)70)63-45-15-21-60-34-44(45)59)38-9-13-43-48(29-38)71(41-30-40(31-41)66-22-5-4-6-23-66)55(75)58(43)19-27-68(28-20-58)54(74)57(3)17-25-67(26-18-57)53(73)37-7-11-42(12-8-37)77-50-14-10-39(33-61-50)69-24-16-49(72)65-56(69)76/h9-10,13-15,21,29,32-37,40-42,49,72H,4-8,11-12,16-20,22-28,30-31H2,1-3H3,(H,65,76)(H,60,63,64). The van der Waals surface area contributed by atoms with Crippen LogP contribution in [-0.4, -0.2) is 138 Å². The highest BCUT2D eigenvalue weighted by atomic mass is 19.1. The Morgan fingerprint density at radius 1 is 0.844 bits per heavy atom. The molecule has 2 saturated carbocycles. The molecule has 5 amide bonds. The van der Waals surface area contributed by atoms with Crippen LogP contribution < -0.4 is 25.2 Å². The second-order valence-electron chi connectivity index (χ2n) is 23.3. The Bertz CT molecular complexity index is 3040. The molecule has 9 heterocycles. The summed E-state index contributed by atoms with van der Waals surface area (Å²) in [6.07, 6.45) is 16.3. The number of hydrogen-bond acceptors (Lipinski definition) is 12. The van der Waals surface area contributed by atoms with Gasteiger partial charge in [-0.25, -0.2) is 24.1 Å². The number of piperidine rings is 3. The molecule has 5 aliphatic heterocycles. The maximum Gasteiger partial charge on any atom is 0.323 e. The number of halogens is 1. The molecule has 1 aromatic carbocycles. The number of anilines is 4. The van der Waals surface area contributed by atoms with Crippen molar-refractivity contribution in [1.29, 1.82) is 0 Å². The molecule has 0 radical (unpaired) electrons. The number of nitrogens with one attached hydrogen (secondary N) is 2. The lowest BCUT2D eigenvalue weighted by molar-refractivity contribution is -0.150. The normalized spacial score (nSPS) is 25.5. The number of likely N-dealkylation sites (tertiary alicyclic amines) is 3. The SMILES string of the molecule is CC(C)n1cnc2cc(-c3ccc4c(c3)N(C3CC(N5CCCCC5)C3)C(=O)C43CCN(C(=O)C4(C)CCN(C(=O)C5CCC(Oc6ccc(N7CCC(O)NC7=O)cn6)CC5)CC4)CC3)nc(Nc3ccncc3F)c21. The van der Waals surface area contributed by atoms with E-state index in [2.05, 4.69) is 69.4 Å². The van der Waals surface area contributed by atoms with E-state index in [-0.39, 0.29) is 53.5 Å². The first-order chi connectivity index (χ1) is 37.2. The molecule has 6 fully saturated rings. The molecule has 5 aromatic rings. The molecule has 19 heteroatoms. The van der Waals surface area contributed by atoms with Crippen LogP contribution in [-0.2, 0) is 19.8 Å². The molecule has 12 rings (SSSR count). The number of pyridine rings is 3. The Morgan fingerprint density at radius 3 is 2.30 bits per heavy atom. The summed E-state index contributed by atoms with van der Waals surface area (Å²) >= 11 is 0. The summed E-state index contributed by atoms with van der Waals surface area (Å²) in [4.78, 5) is 84.8. The van der Waals surface area contributed by atoms with E-state index < -0.39 is 22.9 Å². The first-order valence-electron chi connectivity index (χ1n) is 28.2. The number of amides is 5. The molecule has 77 heavy (non-hydrogen) atoms. The smallest absolute Gasteiger partial charge is 0.323 e. The van der Waals surface area contributed by atoms with E-state index >= 15 is 9.18 Å². The number of imidazole rings is 1. The average molecular weight is 1050 g/mol. The zero-order valence-electron chi connectivity index (χ0n) is 44.5. The predicted molar refractivity (Wildman–Crippen MR) is 289 cm³/mol. The van der Waals surface area contributed by atoms with E-state index in [4.69, 9.17) is 14.7 Å². The van der Waals surface area contributed by atoms with Crippen LogP contribution in [0.4, 0.5) is 32.1 Å². The Balaban J connectivity index is 0.708. The molecule has 4 aromatic heterocycles. The maximum atomic E-state index is 15.3. The van der Waals surface area contributed by atoms with E-state index in [1.165, 1.54) is 25.5 Å². The quantitative estimate of drug-likeness (QED) is 0.115. The summed E-state index contributed by atoms with van der Waals surface area (Å²) in [6, 6.07) is 13.6. The summed E-state index contributed by atoms with van der Waals surface area (Å²) < 4.78 is 23.3. The average Bonchev–Trinajstić information content (AvgIpc) is 4.22. The largest absolute Gasteiger partial charge is 0.474 e. The second kappa shape index (κ2) is 20.6. The van der Waals surface area contributed by atoms with Gasteiger partial charge in [-0.15, -0.1) is 0 Å². The third kappa shape index (κ3) is 9.54. The Morgan fingerprint density at radius 2 is 1.60 bits per heavy atom. The molecule has 3 N–H and O–H groups in total. The minimum atomic E-state index is -0.842. The summed E-state index contributed by atoms with van der Waals surface area (Å²) in [5, 5.41) is 15.5. The van der Waals surface area contributed by atoms with Gasteiger partial charge in [-0.2, -0.15) is 0 Å². The van der Waals surface area contributed by atoms with Crippen LogP contribution in [0.3, 0.4) is 0 Å². The van der Waals surface area contributed by atoms with E-state index in [1.807, 2.05) is 20.4 Å². The predicted octanol–water partition coefficient (Wildman–Crippen LogP) is 8.08. The fourth-order valence-electron chi connectivity index (χ4n) is 13.5. The fourth-order valence-corrected chi connectivity index (χ4v) is 13.5. The molecule has 1 spiro atoms. The maximum absolute atomic E-state index is 15.3. The van der Waals surface area contributed by atoms with Crippen molar-refractivity contribution in [2.75, 3.05) is 60.9 Å². The number of benzene rings is 1. The van der Waals surface area contributed by atoms with Crippen LogP contribution in [0.25, 0.3) is 22.3 Å². The number of ether oxygens (including phenoxy) is 1. The minimum absolute atomic E-state index is 0.0658. The van der Waals surface area contributed by atoms with Crippen LogP contribution in [0.15, 0.2) is 67.4 Å². The minimum Gasteiger partial charge on any atom is -0.474 e. The van der Waals surface area contributed by atoms with Crippen molar-refractivity contribution >= 4 is 57.7 Å². The zero-order valence-corrected chi connectivity index (χ0v) is 44.5. The summed E-state index contributed by atoms with van der Waals surface area (Å²) in [6.45, 7) is 10.8. The van der Waals surface area contributed by atoms with E-state index in [1.54, 1.807) is 41.8 Å². The van der Waals surface area contributed by atoms with Crippen molar-refractivity contribution in [3.8, 4) is 17.1 Å². The van der Waals surface area contributed by atoms with Gasteiger partial charge in [-0.3, -0.25) is 24.3 Å². The number of rotatable bonds is 11. The molecule has 18 nitrogen and oxygen atoms in total. The number of fused-ring (bicyclic) bond motifs is 3. The van der Waals surface area contributed by atoms with Crippen molar-refractivity contribution < 1.29 is 33.4 Å². The van der Waals surface area contributed by atoms with Gasteiger partial charge in [0.15, 0.2) is 11.6 Å². The second-order valence-corrected chi connectivity index (χ2v) is 23.3. The van der Waals surface area contributed by atoms with Crippen molar-refractivity contribution in [2.45, 2.75) is 147 Å². The zero-order chi connectivity index (χ0) is 53.2. The van der Waals surface area contributed by atoms with Crippen molar-refractivity contribution in [3.63, 3.8) is 0 Å². The van der Waals surface area contributed by atoms with Crippen molar-refractivity contribution in [2.24, 2.45) is 11.3 Å². The summed E-state index contributed by atoms with van der Waals surface area (Å²) in [7, 11) is 0. The molecule has 2 aliphatic carbocycles. The van der Waals surface area contributed by atoms with Crippen LogP contribution in [0.2, 0.25) is 0 Å². The third-order valence-electron chi connectivity index (χ3n) is 18.3. The number of aliphatic hydroxyl groups excluding tert-OH is 1. The highest BCUT2D eigenvalue weighted by Gasteiger charge is 2.56. The van der Waals surface area contributed by atoms with Gasteiger partial charge in [-0.1, -0.05) is 25.5 Å². The highest BCUT2D eigenvalue weighted by Crippen LogP contribution is 2.53. The molecule has 1 atom stereocenters. The van der Waals surface area contributed by atoms with E-state index in [0.717, 1.165) is 66.6 Å². The number of nitrogens with zero attached hydrogens (tertiary/aromatic N) is 10. The molecule has 1 unspecified atom stereocenters. The molecule has 7 aliphatic rings. The lowest BCUT2D eigenvalue weighted by atomic mass is 9.72.